The second kappa shape index (κ2) is 2.10. The van der Waals surface area contributed by atoms with Gasteiger partial charge < -0.3 is 0 Å². The van der Waals surface area contributed by atoms with E-state index in [0.29, 0.717) is 0 Å². The minimum atomic E-state index is -0.570. The first-order valence-electron chi connectivity index (χ1n) is 1.89. The molecule has 1 heterocycles. The summed E-state index contributed by atoms with van der Waals surface area (Å²) in [5.41, 5.74) is 0. The third-order valence-corrected chi connectivity index (χ3v) is 2.07. The molecule has 0 spiro atoms. The molecule has 0 amide bonds. The topological polar surface area (TPSA) is 15.8 Å². The Morgan fingerprint density at radius 3 is 2.25 bits per heavy atom. The number of hydrogen-bond donors (Lipinski definition) is 1. The van der Waals surface area contributed by atoms with Gasteiger partial charge in [-0.2, -0.15) is 0 Å². The molecule has 4 heteroatoms. The van der Waals surface area contributed by atoms with Crippen LogP contribution < -0.4 is 3.27 Å². The third kappa shape index (κ3) is 0.896. The number of nitrogens with one attached hydrogen (secondary N) is 1. The average Bonchev–Trinajstić information content (AvgIpc) is 1.98. The van der Waals surface area contributed by atoms with E-state index in [1.807, 2.05) is 0 Å². The van der Waals surface area contributed by atoms with Gasteiger partial charge in [0.1, 0.15) is 0 Å². The zero-order valence-electron chi connectivity index (χ0n) is 3.71. The van der Waals surface area contributed by atoms with Crippen LogP contribution in [-0.4, -0.2) is 4.98 Å². The van der Waals surface area contributed by atoms with E-state index in [0.717, 1.165) is 30.9 Å². The van der Waals surface area contributed by atoms with Gasteiger partial charge in [0.05, 0.1) is 0 Å². The Morgan fingerprint density at radius 2 is 2.12 bits per heavy atom. The molecule has 1 rings (SSSR count). The Morgan fingerprint density at radius 1 is 1.50 bits per heavy atom. The van der Waals surface area contributed by atoms with E-state index in [-0.39, 0.29) is 3.27 Å². The molecular weight excluding hydrogens is 310 g/mol. The molecule has 0 fully saturated rings. The molecule has 1 aromatic heterocycles. The van der Waals surface area contributed by atoms with Crippen molar-refractivity contribution in [3.05, 3.63) is 18.0 Å². The van der Waals surface area contributed by atoms with Gasteiger partial charge in [0, 0.05) is 0 Å². The van der Waals surface area contributed by atoms with E-state index in [9.17, 15) is 8.78 Å². The van der Waals surface area contributed by atoms with Crippen LogP contribution in [0.15, 0.2) is 6.20 Å². The van der Waals surface area contributed by atoms with Crippen molar-refractivity contribution >= 4 is 3.27 Å². The predicted octanol–water partition coefficient (Wildman–Crippen LogP) is 0.468. The summed E-state index contributed by atoms with van der Waals surface area (Å²) in [5, 5.41) is 0. The zero-order valence-corrected chi connectivity index (χ0v) is 6.65. The van der Waals surface area contributed by atoms with Gasteiger partial charge in [0.25, 0.3) is 0 Å². The minimum absolute atomic E-state index is 0.102. The fraction of sp³-hybridized carbons (Fsp3) is 0. The SMILES string of the molecule is Fc1c[nH]c(F)c1[At]. The molecule has 0 bridgehead atoms. The van der Waals surface area contributed by atoms with Crippen molar-refractivity contribution in [2.45, 2.75) is 0 Å². The van der Waals surface area contributed by atoms with Crippen molar-refractivity contribution in [1.82, 2.24) is 4.98 Å². The molecule has 0 saturated heterocycles. The predicted molar refractivity (Wildman–Crippen MR) is 20.3 cm³/mol. The van der Waals surface area contributed by atoms with Crippen LogP contribution in [0.1, 0.15) is 0 Å². The summed E-state index contributed by atoms with van der Waals surface area (Å²) >= 11 is 0.993. The van der Waals surface area contributed by atoms with Crippen LogP contribution in [0.2, 0.25) is 0 Å². The number of hydrogen-bond acceptors (Lipinski definition) is 0. The molecule has 0 aromatic carbocycles. The normalized spacial score (nSPS) is 9.88. The van der Waals surface area contributed by atoms with E-state index >= 15 is 0 Å². The van der Waals surface area contributed by atoms with Gasteiger partial charge in [-0.25, -0.2) is 0 Å². The summed E-state index contributed by atoms with van der Waals surface area (Å²) in [6.07, 6.45) is 1.00. The molecule has 0 atom stereocenters. The van der Waals surface area contributed by atoms with Crippen molar-refractivity contribution in [2.24, 2.45) is 0 Å². The molecule has 0 aliphatic carbocycles. The molecule has 44 valence electrons. The standard InChI is InChI=1S/C4H2AtF2N/c5-3-2(6)1-8-4(3)7/h1,8H. The molecule has 8 heavy (non-hydrogen) atoms. The number of aromatic amines is 1. The monoisotopic (exact) mass is 312 g/mol. The summed E-state index contributed by atoms with van der Waals surface area (Å²) in [7, 11) is 0. The van der Waals surface area contributed by atoms with Crippen molar-refractivity contribution in [3.63, 3.8) is 0 Å². The number of aromatic nitrogens is 1. The Bertz CT molecular complexity index is 176. The number of rotatable bonds is 0. The Balaban J connectivity index is 3.19. The van der Waals surface area contributed by atoms with Crippen LogP contribution in [0, 0.1) is 36.5 Å². The van der Waals surface area contributed by atoms with Crippen molar-refractivity contribution in [3.8, 4) is 0 Å². The van der Waals surface area contributed by atoms with Crippen LogP contribution in [0.5, 0.6) is 0 Å². The third-order valence-electron chi connectivity index (χ3n) is 0.728. The summed E-state index contributed by atoms with van der Waals surface area (Å²) in [5.74, 6) is -1.07. The molecule has 1 nitrogen and oxygen atoms in total. The van der Waals surface area contributed by atoms with E-state index in [4.69, 9.17) is 0 Å². The van der Waals surface area contributed by atoms with Gasteiger partial charge in [-0.1, -0.05) is 0 Å². The van der Waals surface area contributed by atoms with Crippen molar-refractivity contribution in [1.29, 1.82) is 0 Å². The molecular formula is C4H2AtF2N. The van der Waals surface area contributed by atoms with Gasteiger partial charge in [0.15, 0.2) is 0 Å². The fourth-order valence-corrected chi connectivity index (χ4v) is 0.782. The fourth-order valence-electron chi connectivity index (χ4n) is 0.358. The first-order valence-corrected chi connectivity index (χ1v) is 3.36. The summed E-state index contributed by atoms with van der Waals surface area (Å²) in [6, 6.07) is 0. The van der Waals surface area contributed by atoms with Gasteiger partial charge in [-0.05, 0) is 0 Å². The Labute approximate surface area is 59.9 Å². The van der Waals surface area contributed by atoms with Gasteiger partial charge >= 0.3 is 59.7 Å². The average molecular weight is 312 g/mol. The van der Waals surface area contributed by atoms with Crippen molar-refractivity contribution < 1.29 is 33.5 Å². The molecule has 0 unspecified atom stereocenters. The van der Waals surface area contributed by atoms with Crippen LogP contribution in [0.3, 0.4) is 0 Å². The van der Waals surface area contributed by atoms with Crippen LogP contribution in [0.25, 0.3) is 0 Å². The molecule has 0 radical (unpaired) electrons. The quantitative estimate of drug-likeness (QED) is 0.717. The van der Waals surface area contributed by atoms with Crippen LogP contribution in [0.4, 0.5) is 8.78 Å². The van der Waals surface area contributed by atoms with E-state index in [2.05, 4.69) is 4.98 Å². The second-order valence-electron chi connectivity index (χ2n) is 1.26. The Hall–Kier alpha value is 0.0231. The molecule has 0 aliphatic rings. The summed E-state index contributed by atoms with van der Waals surface area (Å²) < 4.78 is 24.2. The summed E-state index contributed by atoms with van der Waals surface area (Å²) in [4.78, 5) is 2.11. The second-order valence-corrected chi connectivity index (χ2v) is 2.73. The van der Waals surface area contributed by atoms with Crippen molar-refractivity contribution in [2.75, 3.05) is 0 Å². The number of halogens is 2. The molecule has 1 N–H and O–H groups in total. The van der Waals surface area contributed by atoms with E-state index in [1.165, 1.54) is 0 Å². The van der Waals surface area contributed by atoms with Gasteiger partial charge in [0.2, 0.25) is 0 Å². The van der Waals surface area contributed by atoms with E-state index < -0.39 is 11.8 Å². The maximum absolute atomic E-state index is 12.1. The van der Waals surface area contributed by atoms with Crippen LogP contribution in [-0.2, 0) is 0 Å². The zero-order chi connectivity index (χ0) is 6.15. The summed E-state index contributed by atoms with van der Waals surface area (Å²) in [6.45, 7) is 0. The Kier molecular flexibility index (Phi) is 1.61. The van der Waals surface area contributed by atoms with Gasteiger partial charge in [-0.3, -0.25) is 0 Å². The van der Waals surface area contributed by atoms with E-state index in [1.54, 1.807) is 0 Å². The first-order chi connectivity index (χ1) is 3.72. The maximum atomic E-state index is 12.1. The molecule has 0 saturated carbocycles. The molecule has 0 aliphatic heterocycles. The number of H-pyrrole nitrogens is 1. The molecule has 1 aromatic rings. The first kappa shape index (κ1) is 6.15. The van der Waals surface area contributed by atoms with Crippen LogP contribution >= 0.6 is 0 Å². The van der Waals surface area contributed by atoms with Gasteiger partial charge in [-0.15, -0.1) is 0 Å².